The summed E-state index contributed by atoms with van der Waals surface area (Å²) in [6, 6.07) is 12.1. The van der Waals surface area contributed by atoms with Crippen molar-refractivity contribution in [1.29, 1.82) is 5.26 Å². The first-order valence-electron chi connectivity index (χ1n) is 6.58. The summed E-state index contributed by atoms with van der Waals surface area (Å²) >= 11 is 0. The first-order chi connectivity index (χ1) is 11.4. The van der Waals surface area contributed by atoms with Gasteiger partial charge in [-0.3, -0.25) is 25.0 Å². The molecule has 0 atom stereocenters. The lowest BCUT2D eigenvalue weighted by Gasteiger charge is -2.00. The van der Waals surface area contributed by atoms with Crippen molar-refractivity contribution in [3.63, 3.8) is 0 Å². The lowest BCUT2D eigenvalue weighted by molar-refractivity contribution is -0.385. The topological polar surface area (TPSA) is 127 Å². The van der Waals surface area contributed by atoms with E-state index in [1.165, 1.54) is 48.5 Å². The molecule has 0 spiro atoms. The van der Waals surface area contributed by atoms with Gasteiger partial charge in [0, 0.05) is 29.8 Å². The summed E-state index contributed by atoms with van der Waals surface area (Å²) in [7, 11) is 0. The Labute approximate surface area is 135 Å². The number of rotatable bonds is 5. The number of benzene rings is 2. The van der Waals surface area contributed by atoms with Crippen molar-refractivity contribution in [2.45, 2.75) is 0 Å². The van der Waals surface area contributed by atoms with Gasteiger partial charge in [-0.05, 0) is 23.8 Å². The van der Waals surface area contributed by atoms with Crippen LogP contribution in [0.15, 0.2) is 54.1 Å². The molecule has 0 aromatic heterocycles. The van der Waals surface area contributed by atoms with E-state index in [0.717, 1.165) is 6.07 Å². The molecule has 0 aliphatic rings. The molecule has 0 saturated heterocycles. The number of nitrogens with zero attached hydrogens (tertiary/aromatic N) is 3. The Kier molecular flexibility index (Phi) is 4.77. The van der Waals surface area contributed by atoms with Gasteiger partial charge in [0.2, 0.25) is 5.78 Å². The number of Topliss-reactive ketones (excluding diaryl/α,β-unsaturated/α-hetero) is 1. The fourth-order valence-corrected chi connectivity index (χ4v) is 1.92. The van der Waals surface area contributed by atoms with Gasteiger partial charge in [-0.2, -0.15) is 5.26 Å². The van der Waals surface area contributed by atoms with Crippen LogP contribution in [-0.4, -0.2) is 15.6 Å². The molecule has 8 nitrogen and oxygen atoms in total. The molecule has 0 heterocycles. The minimum atomic E-state index is -0.667. The smallest absolute Gasteiger partial charge is 0.270 e. The maximum atomic E-state index is 12.3. The molecule has 2 aromatic rings. The van der Waals surface area contributed by atoms with Crippen molar-refractivity contribution in [1.82, 2.24) is 0 Å². The molecule has 2 aromatic carbocycles. The van der Waals surface area contributed by atoms with Crippen LogP contribution in [0.3, 0.4) is 0 Å². The Morgan fingerprint density at radius 1 is 1.00 bits per heavy atom. The molecule has 0 saturated carbocycles. The molecule has 0 N–H and O–H groups in total. The quantitative estimate of drug-likeness (QED) is 0.273. The highest BCUT2D eigenvalue weighted by Gasteiger charge is 2.16. The number of carbonyl (C=O) groups excluding carboxylic acids is 1. The van der Waals surface area contributed by atoms with Crippen LogP contribution in [0.2, 0.25) is 0 Å². The number of ketones is 1. The van der Waals surface area contributed by atoms with Gasteiger partial charge in [0.05, 0.1) is 9.85 Å². The van der Waals surface area contributed by atoms with E-state index in [1.54, 1.807) is 6.07 Å². The van der Waals surface area contributed by atoms with Crippen molar-refractivity contribution < 1.29 is 14.6 Å². The predicted octanol–water partition coefficient (Wildman–Crippen LogP) is 3.29. The number of nitro groups is 2. The van der Waals surface area contributed by atoms with Crippen molar-refractivity contribution in [2.24, 2.45) is 0 Å². The number of nitro benzene ring substituents is 2. The summed E-state index contributed by atoms with van der Waals surface area (Å²) in [5.41, 5.74) is -0.164. The van der Waals surface area contributed by atoms with Gasteiger partial charge in [0.25, 0.3) is 11.4 Å². The van der Waals surface area contributed by atoms with E-state index in [4.69, 9.17) is 5.26 Å². The molecule has 118 valence electrons. The van der Waals surface area contributed by atoms with Crippen LogP contribution in [0.5, 0.6) is 0 Å². The number of nitriles is 1. The number of non-ortho nitro benzene ring substituents is 2. The largest absolute Gasteiger partial charge is 0.288 e. The molecule has 0 aliphatic carbocycles. The number of carbonyl (C=O) groups is 1. The van der Waals surface area contributed by atoms with E-state index < -0.39 is 15.6 Å². The maximum absolute atomic E-state index is 12.3. The van der Waals surface area contributed by atoms with Gasteiger partial charge in [0.1, 0.15) is 11.6 Å². The van der Waals surface area contributed by atoms with Crippen molar-refractivity contribution in [3.05, 3.63) is 85.5 Å². The third-order valence-electron chi connectivity index (χ3n) is 3.10. The second kappa shape index (κ2) is 6.93. The van der Waals surface area contributed by atoms with Crippen LogP contribution in [0.4, 0.5) is 11.4 Å². The number of hydrogen-bond acceptors (Lipinski definition) is 6. The van der Waals surface area contributed by atoms with Gasteiger partial charge < -0.3 is 0 Å². The Bertz CT molecular complexity index is 895. The summed E-state index contributed by atoms with van der Waals surface area (Å²) < 4.78 is 0. The molecule has 0 fully saturated rings. The summed E-state index contributed by atoms with van der Waals surface area (Å²) in [6.07, 6.45) is 1.27. The predicted molar refractivity (Wildman–Crippen MR) is 84.1 cm³/mol. The van der Waals surface area contributed by atoms with Crippen LogP contribution in [0, 0.1) is 31.6 Å². The molecular weight excluding hydrogens is 314 g/mol. The zero-order valence-corrected chi connectivity index (χ0v) is 12.1. The third-order valence-corrected chi connectivity index (χ3v) is 3.10. The first-order valence-corrected chi connectivity index (χ1v) is 6.58. The number of allylic oxidation sites excluding steroid dienone is 1. The summed E-state index contributed by atoms with van der Waals surface area (Å²) in [5.74, 6) is -0.667. The second-order valence-electron chi connectivity index (χ2n) is 4.66. The molecule has 0 aliphatic heterocycles. The molecule has 0 unspecified atom stereocenters. The molecule has 2 rings (SSSR count). The standard InChI is InChI=1S/C16H9N3O5/c17-10-13(8-11-4-6-14(7-5-11)18(21)22)16(20)12-2-1-3-15(9-12)19(23)24/h1-9H/b13-8+. The second-order valence-corrected chi connectivity index (χ2v) is 4.66. The van der Waals surface area contributed by atoms with Crippen LogP contribution in [-0.2, 0) is 0 Å². The zero-order chi connectivity index (χ0) is 17.7. The molecule has 24 heavy (non-hydrogen) atoms. The highest BCUT2D eigenvalue weighted by Crippen LogP contribution is 2.19. The van der Waals surface area contributed by atoms with Crippen molar-refractivity contribution in [2.75, 3.05) is 0 Å². The monoisotopic (exact) mass is 323 g/mol. The average molecular weight is 323 g/mol. The molecule has 8 heteroatoms. The SMILES string of the molecule is N#C/C(=C\c1ccc([N+](=O)[O-])cc1)C(=O)c1cccc([N+](=O)[O-])c1. The molecule has 0 bridgehead atoms. The zero-order valence-electron chi connectivity index (χ0n) is 12.1. The third kappa shape index (κ3) is 3.66. The Hall–Kier alpha value is -3.86. The van der Waals surface area contributed by atoms with E-state index in [2.05, 4.69) is 0 Å². The van der Waals surface area contributed by atoms with Crippen LogP contribution < -0.4 is 0 Å². The maximum Gasteiger partial charge on any atom is 0.270 e. The minimum Gasteiger partial charge on any atom is -0.288 e. The van der Waals surface area contributed by atoms with Crippen molar-refractivity contribution >= 4 is 23.2 Å². The number of hydrogen-bond donors (Lipinski definition) is 0. The fraction of sp³-hybridized carbons (Fsp3) is 0. The molecule has 0 radical (unpaired) electrons. The van der Waals surface area contributed by atoms with E-state index >= 15 is 0 Å². The lowest BCUT2D eigenvalue weighted by Crippen LogP contribution is -2.02. The van der Waals surface area contributed by atoms with Gasteiger partial charge in [-0.15, -0.1) is 0 Å². The average Bonchev–Trinajstić information content (AvgIpc) is 2.59. The Morgan fingerprint density at radius 3 is 2.17 bits per heavy atom. The van der Waals surface area contributed by atoms with E-state index in [0.29, 0.717) is 5.56 Å². The first kappa shape index (κ1) is 16.5. The van der Waals surface area contributed by atoms with Crippen LogP contribution >= 0.6 is 0 Å². The lowest BCUT2D eigenvalue weighted by atomic mass is 10.0. The Morgan fingerprint density at radius 2 is 1.62 bits per heavy atom. The van der Waals surface area contributed by atoms with Crippen LogP contribution in [0.25, 0.3) is 6.08 Å². The summed E-state index contributed by atoms with van der Waals surface area (Å²) in [6.45, 7) is 0. The Balaban J connectivity index is 2.35. The van der Waals surface area contributed by atoms with Crippen LogP contribution in [0.1, 0.15) is 15.9 Å². The van der Waals surface area contributed by atoms with Gasteiger partial charge >= 0.3 is 0 Å². The molecule has 0 amide bonds. The normalized spacial score (nSPS) is 10.7. The fourth-order valence-electron chi connectivity index (χ4n) is 1.92. The van der Waals surface area contributed by atoms with E-state index in [9.17, 15) is 25.0 Å². The molecular formula is C16H9N3O5. The summed E-state index contributed by atoms with van der Waals surface area (Å²) in [5, 5.41) is 30.5. The van der Waals surface area contributed by atoms with Crippen molar-refractivity contribution in [3.8, 4) is 6.07 Å². The van der Waals surface area contributed by atoms with E-state index in [1.807, 2.05) is 0 Å². The van der Waals surface area contributed by atoms with Gasteiger partial charge in [-0.1, -0.05) is 12.1 Å². The van der Waals surface area contributed by atoms with Gasteiger partial charge in [0.15, 0.2) is 0 Å². The summed E-state index contributed by atoms with van der Waals surface area (Å²) in [4.78, 5) is 32.5. The minimum absolute atomic E-state index is 0.0129. The highest BCUT2D eigenvalue weighted by molar-refractivity contribution is 6.14. The van der Waals surface area contributed by atoms with E-state index in [-0.39, 0.29) is 22.5 Å². The van der Waals surface area contributed by atoms with Gasteiger partial charge in [-0.25, -0.2) is 0 Å². The highest BCUT2D eigenvalue weighted by atomic mass is 16.6.